The van der Waals surface area contributed by atoms with Crippen molar-refractivity contribution < 1.29 is 19.8 Å². The van der Waals surface area contributed by atoms with Crippen LogP contribution in [0.1, 0.15) is 51.9 Å². The molecule has 0 heterocycles. The van der Waals surface area contributed by atoms with Crippen molar-refractivity contribution in [2.24, 2.45) is 11.8 Å². The number of aliphatic carboxylic acids is 2. The molecule has 0 aromatic rings. The first kappa shape index (κ1) is 16.7. The Morgan fingerprint density at radius 2 is 1.61 bits per heavy atom. The molecule has 4 heteroatoms. The summed E-state index contributed by atoms with van der Waals surface area (Å²) in [4.78, 5) is 22.3. The molecule has 0 fully saturated rings. The second-order valence-corrected chi connectivity index (χ2v) is 4.60. The monoisotopic (exact) mass is 256 g/mol. The Balaban J connectivity index is 4.30. The van der Waals surface area contributed by atoms with Gasteiger partial charge in [-0.25, -0.2) is 0 Å². The summed E-state index contributed by atoms with van der Waals surface area (Å²) < 4.78 is 0. The molecule has 18 heavy (non-hydrogen) atoms. The standard InChI is InChI=1S/C14H24O4/c1-3-5-6-7-8-10-12(14(17)18)11(9-4-2)13(15)16/h3,11-12H,1,4-10H2,2H3,(H,15,16)(H,17,18). The van der Waals surface area contributed by atoms with Crippen LogP contribution in [0.15, 0.2) is 12.7 Å². The summed E-state index contributed by atoms with van der Waals surface area (Å²) in [6.45, 7) is 5.50. The van der Waals surface area contributed by atoms with Gasteiger partial charge in [-0.1, -0.05) is 32.3 Å². The lowest BCUT2D eigenvalue weighted by Crippen LogP contribution is -2.29. The van der Waals surface area contributed by atoms with Gasteiger partial charge < -0.3 is 10.2 Å². The summed E-state index contributed by atoms with van der Waals surface area (Å²) in [5.74, 6) is -3.49. The summed E-state index contributed by atoms with van der Waals surface area (Å²) in [5, 5.41) is 18.2. The molecule has 2 unspecified atom stereocenters. The van der Waals surface area contributed by atoms with Crippen molar-refractivity contribution in [3.63, 3.8) is 0 Å². The fraction of sp³-hybridized carbons (Fsp3) is 0.714. The second-order valence-electron chi connectivity index (χ2n) is 4.60. The lowest BCUT2D eigenvalue weighted by Gasteiger charge is -2.19. The third-order valence-corrected chi connectivity index (χ3v) is 3.14. The highest BCUT2D eigenvalue weighted by Crippen LogP contribution is 2.24. The predicted molar refractivity (Wildman–Crippen MR) is 70.4 cm³/mol. The molecule has 2 atom stereocenters. The van der Waals surface area contributed by atoms with E-state index in [1.165, 1.54) is 0 Å². The molecular weight excluding hydrogens is 232 g/mol. The molecule has 0 aliphatic carbocycles. The van der Waals surface area contributed by atoms with E-state index in [9.17, 15) is 9.59 Å². The molecule has 104 valence electrons. The zero-order valence-electron chi connectivity index (χ0n) is 11.1. The molecule has 4 nitrogen and oxygen atoms in total. The SMILES string of the molecule is C=CCCCCCC(C(=O)O)C(CCC)C(=O)O. The van der Waals surface area contributed by atoms with Crippen LogP contribution in [-0.4, -0.2) is 22.2 Å². The third kappa shape index (κ3) is 6.42. The van der Waals surface area contributed by atoms with Crippen molar-refractivity contribution in [3.8, 4) is 0 Å². The van der Waals surface area contributed by atoms with Crippen molar-refractivity contribution in [2.45, 2.75) is 51.9 Å². The van der Waals surface area contributed by atoms with E-state index in [1.807, 2.05) is 13.0 Å². The van der Waals surface area contributed by atoms with Gasteiger partial charge in [-0.3, -0.25) is 9.59 Å². The molecule has 0 amide bonds. The fourth-order valence-corrected chi connectivity index (χ4v) is 2.13. The van der Waals surface area contributed by atoms with Crippen LogP contribution in [0.3, 0.4) is 0 Å². The number of unbranched alkanes of at least 4 members (excludes halogenated alkanes) is 3. The third-order valence-electron chi connectivity index (χ3n) is 3.14. The van der Waals surface area contributed by atoms with Crippen LogP contribution < -0.4 is 0 Å². The number of carbonyl (C=O) groups is 2. The Morgan fingerprint density at radius 3 is 2.06 bits per heavy atom. The van der Waals surface area contributed by atoms with Crippen molar-refractivity contribution in [1.29, 1.82) is 0 Å². The molecule has 0 bridgehead atoms. The number of carboxylic acids is 2. The topological polar surface area (TPSA) is 74.6 Å². The van der Waals surface area contributed by atoms with E-state index in [-0.39, 0.29) is 0 Å². The van der Waals surface area contributed by atoms with Crippen LogP contribution in [0, 0.1) is 11.8 Å². The van der Waals surface area contributed by atoms with Crippen LogP contribution in [-0.2, 0) is 9.59 Å². The Hall–Kier alpha value is -1.32. The first-order chi connectivity index (χ1) is 8.54. The Labute approximate surface area is 109 Å². The molecule has 0 radical (unpaired) electrons. The minimum atomic E-state index is -0.990. The summed E-state index contributed by atoms with van der Waals surface area (Å²) in [5.41, 5.74) is 0. The van der Waals surface area contributed by atoms with E-state index in [0.717, 1.165) is 25.7 Å². The van der Waals surface area contributed by atoms with Gasteiger partial charge in [-0.2, -0.15) is 0 Å². The zero-order valence-corrected chi connectivity index (χ0v) is 11.1. The van der Waals surface area contributed by atoms with E-state index in [4.69, 9.17) is 10.2 Å². The smallest absolute Gasteiger partial charge is 0.307 e. The lowest BCUT2D eigenvalue weighted by molar-refractivity contribution is -0.154. The summed E-state index contributed by atoms with van der Waals surface area (Å²) in [7, 11) is 0. The van der Waals surface area contributed by atoms with Crippen LogP contribution >= 0.6 is 0 Å². The van der Waals surface area contributed by atoms with Crippen LogP contribution in [0.5, 0.6) is 0 Å². The van der Waals surface area contributed by atoms with Gasteiger partial charge >= 0.3 is 11.9 Å². The number of carboxylic acid groups (broad SMARTS) is 2. The van der Waals surface area contributed by atoms with Crippen LogP contribution in [0.2, 0.25) is 0 Å². The van der Waals surface area contributed by atoms with Gasteiger partial charge in [0.1, 0.15) is 0 Å². The second kappa shape index (κ2) is 9.68. The van der Waals surface area contributed by atoms with Crippen LogP contribution in [0.4, 0.5) is 0 Å². The molecule has 0 aliphatic rings. The van der Waals surface area contributed by atoms with Gasteiger partial charge in [0.05, 0.1) is 11.8 Å². The Kier molecular flexibility index (Phi) is 8.97. The van der Waals surface area contributed by atoms with Gasteiger partial charge in [0, 0.05) is 0 Å². The quantitative estimate of drug-likeness (QED) is 0.439. The molecule has 0 aliphatic heterocycles. The van der Waals surface area contributed by atoms with E-state index in [1.54, 1.807) is 0 Å². The minimum Gasteiger partial charge on any atom is -0.481 e. The molecule has 0 saturated carbocycles. The van der Waals surface area contributed by atoms with E-state index in [0.29, 0.717) is 19.3 Å². The fourth-order valence-electron chi connectivity index (χ4n) is 2.13. The number of hydrogen-bond donors (Lipinski definition) is 2. The number of allylic oxidation sites excluding steroid dienone is 1. The Morgan fingerprint density at radius 1 is 1.06 bits per heavy atom. The maximum atomic E-state index is 11.2. The van der Waals surface area contributed by atoms with Gasteiger partial charge in [-0.05, 0) is 25.7 Å². The minimum absolute atomic E-state index is 0.430. The molecule has 0 spiro atoms. The molecular formula is C14H24O4. The first-order valence-electron chi connectivity index (χ1n) is 6.61. The van der Waals surface area contributed by atoms with Gasteiger partial charge in [-0.15, -0.1) is 6.58 Å². The highest BCUT2D eigenvalue weighted by molar-refractivity contribution is 5.79. The average Bonchev–Trinajstić information content (AvgIpc) is 2.31. The predicted octanol–water partition coefficient (Wildman–Crippen LogP) is 3.32. The van der Waals surface area contributed by atoms with Crippen molar-refractivity contribution in [3.05, 3.63) is 12.7 Å². The summed E-state index contributed by atoms with van der Waals surface area (Å²) in [6.07, 6.45) is 7.01. The van der Waals surface area contributed by atoms with Gasteiger partial charge in [0.2, 0.25) is 0 Å². The maximum absolute atomic E-state index is 11.2. The largest absolute Gasteiger partial charge is 0.481 e. The number of rotatable bonds is 11. The molecule has 0 aromatic heterocycles. The first-order valence-corrected chi connectivity index (χ1v) is 6.61. The summed E-state index contributed by atoms with van der Waals surface area (Å²) >= 11 is 0. The highest BCUT2D eigenvalue weighted by atomic mass is 16.4. The van der Waals surface area contributed by atoms with Crippen molar-refractivity contribution in [1.82, 2.24) is 0 Å². The highest BCUT2D eigenvalue weighted by Gasteiger charge is 2.32. The molecule has 0 aromatic carbocycles. The maximum Gasteiger partial charge on any atom is 0.307 e. The molecule has 2 N–H and O–H groups in total. The summed E-state index contributed by atoms with van der Waals surface area (Å²) in [6, 6.07) is 0. The Bertz CT molecular complexity index is 273. The van der Waals surface area contributed by atoms with E-state index in [2.05, 4.69) is 6.58 Å². The van der Waals surface area contributed by atoms with Crippen molar-refractivity contribution in [2.75, 3.05) is 0 Å². The number of hydrogen-bond acceptors (Lipinski definition) is 2. The lowest BCUT2D eigenvalue weighted by atomic mass is 9.84. The zero-order chi connectivity index (χ0) is 14.0. The molecule has 0 rings (SSSR count). The van der Waals surface area contributed by atoms with E-state index >= 15 is 0 Å². The van der Waals surface area contributed by atoms with Gasteiger partial charge in [0.15, 0.2) is 0 Å². The average molecular weight is 256 g/mol. The van der Waals surface area contributed by atoms with Gasteiger partial charge in [0.25, 0.3) is 0 Å². The van der Waals surface area contributed by atoms with Crippen molar-refractivity contribution >= 4 is 11.9 Å². The van der Waals surface area contributed by atoms with E-state index < -0.39 is 23.8 Å². The van der Waals surface area contributed by atoms with Crippen LogP contribution in [0.25, 0.3) is 0 Å². The molecule has 0 saturated heterocycles. The normalized spacial score (nSPS) is 13.8.